The maximum Gasteiger partial charge on any atom is 0.230 e. The van der Waals surface area contributed by atoms with Crippen molar-refractivity contribution < 1.29 is 9.53 Å². The predicted molar refractivity (Wildman–Crippen MR) is 111 cm³/mol. The summed E-state index contributed by atoms with van der Waals surface area (Å²) in [6.45, 7) is 4.27. The van der Waals surface area contributed by atoms with Crippen LogP contribution in [0.15, 0.2) is 23.4 Å². The molecule has 0 aliphatic heterocycles. The van der Waals surface area contributed by atoms with Gasteiger partial charge in [-0.25, -0.2) is 4.68 Å². The summed E-state index contributed by atoms with van der Waals surface area (Å²) in [7, 11) is 0. The number of nitrogens with two attached hydrogens (primary N) is 1. The molecular weight excluding hydrogens is 374 g/mol. The van der Waals surface area contributed by atoms with Crippen LogP contribution in [0.4, 0.5) is 0 Å². The second-order valence-electron chi connectivity index (χ2n) is 7.37. The molecule has 1 saturated carbocycles. The number of ether oxygens (including phenoxy) is 1. The first-order valence-electron chi connectivity index (χ1n) is 9.84. The van der Waals surface area contributed by atoms with Crippen molar-refractivity contribution in [2.24, 2.45) is 0 Å². The van der Waals surface area contributed by atoms with E-state index in [0.717, 1.165) is 24.2 Å². The van der Waals surface area contributed by atoms with Crippen LogP contribution >= 0.6 is 11.8 Å². The first-order valence-corrected chi connectivity index (χ1v) is 10.8. The van der Waals surface area contributed by atoms with Crippen molar-refractivity contribution in [2.45, 2.75) is 70.2 Å². The number of carbonyl (C=O) groups excluding carboxylic acids is 1. The van der Waals surface area contributed by atoms with Gasteiger partial charge in [-0.1, -0.05) is 55.1 Å². The minimum absolute atomic E-state index is 0.0213. The summed E-state index contributed by atoms with van der Waals surface area (Å²) < 4.78 is 7.21. The average Bonchev–Trinajstić information content (AvgIpc) is 2.84. The maximum atomic E-state index is 12.2. The van der Waals surface area contributed by atoms with Crippen LogP contribution in [-0.4, -0.2) is 32.6 Å². The third kappa shape index (κ3) is 5.64. The van der Waals surface area contributed by atoms with E-state index in [1.54, 1.807) is 0 Å². The van der Waals surface area contributed by atoms with E-state index >= 15 is 0 Å². The fourth-order valence-electron chi connectivity index (χ4n) is 3.43. The average molecular weight is 404 g/mol. The molecule has 0 radical (unpaired) electrons. The van der Waals surface area contributed by atoms with Crippen LogP contribution in [0.5, 0.6) is 5.75 Å². The van der Waals surface area contributed by atoms with E-state index in [9.17, 15) is 4.79 Å². The molecule has 1 aliphatic carbocycles. The lowest BCUT2D eigenvalue weighted by atomic mass is 10.1. The zero-order chi connectivity index (χ0) is 19.9. The first-order chi connectivity index (χ1) is 13.5. The largest absolute Gasteiger partial charge is 0.485 e. The number of amides is 1. The van der Waals surface area contributed by atoms with Gasteiger partial charge in [0.2, 0.25) is 11.1 Å². The highest BCUT2D eigenvalue weighted by molar-refractivity contribution is 7.99. The van der Waals surface area contributed by atoms with Crippen LogP contribution in [0, 0.1) is 13.8 Å². The lowest BCUT2D eigenvalue weighted by Gasteiger charge is -2.15. The number of aryl methyl sites for hydroxylation is 2. The molecule has 2 aromatic rings. The van der Waals surface area contributed by atoms with Crippen molar-refractivity contribution in [3.05, 3.63) is 35.2 Å². The van der Waals surface area contributed by atoms with E-state index in [2.05, 4.69) is 21.6 Å². The van der Waals surface area contributed by atoms with Crippen molar-refractivity contribution >= 4 is 17.7 Å². The highest BCUT2D eigenvalue weighted by atomic mass is 32.2. The summed E-state index contributed by atoms with van der Waals surface area (Å²) in [5.74, 6) is 7.70. The quantitative estimate of drug-likeness (QED) is 0.419. The number of carbonyl (C=O) groups is 1. The number of rotatable bonds is 7. The molecule has 1 aliphatic rings. The summed E-state index contributed by atoms with van der Waals surface area (Å²) in [5, 5.41) is 11.8. The predicted octanol–water partition coefficient (Wildman–Crippen LogP) is 3.12. The van der Waals surface area contributed by atoms with Crippen molar-refractivity contribution in [1.82, 2.24) is 20.2 Å². The van der Waals surface area contributed by atoms with Crippen molar-refractivity contribution in [3.63, 3.8) is 0 Å². The Kier molecular flexibility index (Phi) is 7.19. The van der Waals surface area contributed by atoms with Gasteiger partial charge in [0.15, 0.2) is 5.82 Å². The third-order valence-corrected chi connectivity index (χ3v) is 5.92. The molecule has 1 fully saturated rings. The Morgan fingerprint density at radius 1 is 1.25 bits per heavy atom. The van der Waals surface area contributed by atoms with Crippen LogP contribution in [0.2, 0.25) is 0 Å². The second kappa shape index (κ2) is 9.82. The molecule has 152 valence electrons. The van der Waals surface area contributed by atoms with E-state index in [4.69, 9.17) is 10.6 Å². The van der Waals surface area contributed by atoms with Crippen LogP contribution < -0.4 is 15.9 Å². The molecule has 0 spiro atoms. The van der Waals surface area contributed by atoms with Gasteiger partial charge in [-0.15, -0.1) is 10.2 Å². The van der Waals surface area contributed by atoms with Gasteiger partial charge in [0.25, 0.3) is 0 Å². The summed E-state index contributed by atoms with van der Waals surface area (Å²) in [4.78, 5) is 12.2. The monoisotopic (exact) mass is 403 g/mol. The Hall–Kier alpha value is -2.22. The van der Waals surface area contributed by atoms with Gasteiger partial charge in [-0.2, -0.15) is 0 Å². The van der Waals surface area contributed by atoms with E-state index in [1.807, 2.05) is 26.0 Å². The Balaban J connectivity index is 1.49. The number of thioether (sulfide) groups is 1. The summed E-state index contributed by atoms with van der Waals surface area (Å²) in [6.07, 6.45) is 7.07. The van der Waals surface area contributed by atoms with Gasteiger partial charge < -0.3 is 15.9 Å². The van der Waals surface area contributed by atoms with E-state index in [0.29, 0.717) is 17.0 Å². The van der Waals surface area contributed by atoms with E-state index < -0.39 is 0 Å². The molecule has 7 nitrogen and oxygen atoms in total. The number of nitrogen functional groups attached to an aromatic ring is 1. The Bertz CT molecular complexity index is 800. The number of nitrogens with zero attached hydrogens (tertiary/aromatic N) is 3. The van der Waals surface area contributed by atoms with Gasteiger partial charge in [0.1, 0.15) is 12.4 Å². The second-order valence-corrected chi connectivity index (χ2v) is 8.31. The zero-order valence-electron chi connectivity index (χ0n) is 16.6. The normalized spacial score (nSPS) is 15.2. The first kappa shape index (κ1) is 20.5. The molecule has 3 rings (SSSR count). The van der Waals surface area contributed by atoms with Gasteiger partial charge in [0, 0.05) is 6.04 Å². The molecule has 1 heterocycles. The number of benzene rings is 1. The molecule has 0 atom stereocenters. The molecule has 0 bridgehead atoms. The van der Waals surface area contributed by atoms with Crippen LogP contribution in [0.3, 0.4) is 0 Å². The molecule has 0 unspecified atom stereocenters. The Morgan fingerprint density at radius 2 is 2.00 bits per heavy atom. The number of aromatic nitrogens is 3. The smallest absolute Gasteiger partial charge is 0.230 e. The summed E-state index contributed by atoms with van der Waals surface area (Å²) in [6, 6.07) is 6.31. The molecule has 1 amide bonds. The van der Waals surface area contributed by atoms with Crippen LogP contribution in [0.25, 0.3) is 0 Å². The van der Waals surface area contributed by atoms with Crippen molar-refractivity contribution in [3.8, 4) is 5.75 Å². The van der Waals surface area contributed by atoms with Gasteiger partial charge in [-0.3, -0.25) is 4.79 Å². The number of hydrogen-bond acceptors (Lipinski definition) is 6. The van der Waals surface area contributed by atoms with E-state index in [1.165, 1.54) is 47.7 Å². The van der Waals surface area contributed by atoms with Crippen molar-refractivity contribution in [1.29, 1.82) is 0 Å². The summed E-state index contributed by atoms with van der Waals surface area (Å²) in [5.41, 5.74) is 2.25. The van der Waals surface area contributed by atoms with Crippen molar-refractivity contribution in [2.75, 3.05) is 11.6 Å². The number of hydrogen-bond donors (Lipinski definition) is 2. The lowest BCUT2D eigenvalue weighted by molar-refractivity contribution is -0.119. The minimum atomic E-state index is 0.0213. The Labute approximate surface area is 170 Å². The highest BCUT2D eigenvalue weighted by Crippen LogP contribution is 2.21. The SMILES string of the molecule is Cc1ccc(OCc2nnc(SCC(=O)NC3CCCCCC3)n2N)c(C)c1. The van der Waals surface area contributed by atoms with Gasteiger partial charge in [-0.05, 0) is 38.3 Å². The van der Waals surface area contributed by atoms with E-state index in [-0.39, 0.29) is 18.3 Å². The lowest BCUT2D eigenvalue weighted by Crippen LogP contribution is -2.35. The third-order valence-electron chi connectivity index (χ3n) is 4.97. The van der Waals surface area contributed by atoms with Gasteiger partial charge in [0.05, 0.1) is 5.75 Å². The molecular formula is C20H29N5O2S. The minimum Gasteiger partial charge on any atom is -0.485 e. The Morgan fingerprint density at radius 3 is 2.71 bits per heavy atom. The highest BCUT2D eigenvalue weighted by Gasteiger charge is 2.17. The molecule has 1 aromatic carbocycles. The molecule has 1 aromatic heterocycles. The number of nitrogens with one attached hydrogen (secondary N) is 1. The fraction of sp³-hybridized carbons (Fsp3) is 0.550. The molecule has 8 heteroatoms. The fourth-order valence-corrected chi connectivity index (χ4v) is 4.12. The molecule has 0 saturated heterocycles. The van der Waals surface area contributed by atoms with Crippen LogP contribution in [-0.2, 0) is 11.4 Å². The molecule has 28 heavy (non-hydrogen) atoms. The standard InChI is InChI=1S/C20H29N5O2S/c1-14-9-10-17(15(2)11-14)27-12-18-23-24-20(25(18)21)28-13-19(26)22-16-7-5-3-4-6-8-16/h9-11,16H,3-8,12-13,21H2,1-2H3,(H,22,26). The molecule has 3 N–H and O–H groups in total. The summed E-state index contributed by atoms with van der Waals surface area (Å²) >= 11 is 1.29. The topological polar surface area (TPSA) is 95.1 Å². The maximum absolute atomic E-state index is 12.2. The zero-order valence-corrected chi connectivity index (χ0v) is 17.4. The van der Waals surface area contributed by atoms with Crippen LogP contribution in [0.1, 0.15) is 55.5 Å². The van der Waals surface area contributed by atoms with Gasteiger partial charge >= 0.3 is 0 Å².